The van der Waals surface area contributed by atoms with E-state index in [1.54, 1.807) is 0 Å². The van der Waals surface area contributed by atoms with E-state index in [1.165, 1.54) is 0 Å². The van der Waals surface area contributed by atoms with Crippen molar-refractivity contribution >= 4 is 17.6 Å². The van der Waals surface area contributed by atoms with Crippen molar-refractivity contribution in [1.29, 1.82) is 0 Å². The molecule has 104 valence electrons. The minimum atomic E-state index is -0.880. The third-order valence-electron chi connectivity index (χ3n) is 2.90. The summed E-state index contributed by atoms with van der Waals surface area (Å²) in [5, 5.41) is 17.5. The van der Waals surface area contributed by atoms with Crippen molar-refractivity contribution in [3.63, 3.8) is 0 Å². The molecule has 0 aliphatic rings. The normalized spacial score (nSPS) is 10.2. The quantitative estimate of drug-likeness (QED) is 0.751. The van der Waals surface area contributed by atoms with Crippen LogP contribution >= 0.6 is 0 Å². The van der Waals surface area contributed by atoms with Crippen molar-refractivity contribution in [1.82, 2.24) is 0 Å². The molecule has 1 rings (SSSR count). The van der Waals surface area contributed by atoms with Crippen LogP contribution in [0.1, 0.15) is 25.3 Å². The van der Waals surface area contributed by atoms with Gasteiger partial charge in [-0.3, -0.25) is 9.59 Å². The number of benzene rings is 1. The lowest BCUT2D eigenvalue weighted by Crippen LogP contribution is -2.29. The van der Waals surface area contributed by atoms with Crippen LogP contribution < -0.4 is 4.90 Å². The summed E-state index contributed by atoms with van der Waals surface area (Å²) in [5.74, 6) is -1.76. The molecule has 0 bridgehead atoms. The molecule has 2 N–H and O–H groups in total. The van der Waals surface area contributed by atoms with E-state index in [-0.39, 0.29) is 12.8 Å². The van der Waals surface area contributed by atoms with Crippen molar-refractivity contribution < 1.29 is 19.8 Å². The molecule has 0 amide bonds. The molecule has 5 nitrogen and oxygen atoms in total. The summed E-state index contributed by atoms with van der Waals surface area (Å²) in [7, 11) is 0. The Balaban J connectivity index is 2.86. The fourth-order valence-corrected chi connectivity index (χ4v) is 1.93. The van der Waals surface area contributed by atoms with Gasteiger partial charge in [0, 0.05) is 18.8 Å². The van der Waals surface area contributed by atoms with Crippen molar-refractivity contribution in [3.8, 4) is 0 Å². The van der Waals surface area contributed by atoms with E-state index in [1.807, 2.05) is 36.1 Å². The molecule has 0 atom stereocenters. The van der Waals surface area contributed by atoms with Crippen molar-refractivity contribution in [2.75, 3.05) is 18.0 Å². The zero-order valence-electron chi connectivity index (χ0n) is 11.0. The summed E-state index contributed by atoms with van der Waals surface area (Å²) in [6.07, 6.45) is 0.822. The number of carbonyl (C=O) groups is 2. The minimum absolute atomic E-state index is 0.00231. The molecule has 0 heterocycles. The van der Waals surface area contributed by atoms with E-state index in [4.69, 9.17) is 10.2 Å². The Morgan fingerprint density at radius 3 is 2.05 bits per heavy atom. The molecule has 0 unspecified atom stereocenters. The number of para-hydroxylation sites is 1. The van der Waals surface area contributed by atoms with Crippen LogP contribution in [0.3, 0.4) is 0 Å². The molecule has 0 aliphatic carbocycles. The van der Waals surface area contributed by atoms with Crippen molar-refractivity contribution in [3.05, 3.63) is 29.8 Å². The Morgan fingerprint density at radius 1 is 1.05 bits per heavy atom. The second-order valence-electron chi connectivity index (χ2n) is 4.26. The Bertz CT molecular complexity index is 427. The molecular formula is C14H19NO4. The van der Waals surface area contributed by atoms with E-state index in [0.29, 0.717) is 13.1 Å². The average Bonchev–Trinajstić information content (AvgIpc) is 2.38. The van der Waals surface area contributed by atoms with E-state index in [0.717, 1.165) is 17.7 Å². The lowest BCUT2D eigenvalue weighted by atomic mass is 10.1. The Hall–Kier alpha value is -2.04. The maximum Gasteiger partial charge on any atom is 0.305 e. The first kappa shape index (κ1) is 15.0. The zero-order chi connectivity index (χ0) is 14.3. The molecule has 0 spiro atoms. The Kier molecular flexibility index (Phi) is 5.85. The first-order valence-corrected chi connectivity index (χ1v) is 6.31. The first-order chi connectivity index (χ1) is 9.04. The smallest absolute Gasteiger partial charge is 0.305 e. The van der Waals surface area contributed by atoms with Gasteiger partial charge in [0.2, 0.25) is 0 Å². The van der Waals surface area contributed by atoms with Gasteiger partial charge in [-0.1, -0.05) is 25.1 Å². The summed E-state index contributed by atoms with van der Waals surface area (Å²) >= 11 is 0. The lowest BCUT2D eigenvalue weighted by Gasteiger charge is -2.25. The molecule has 1 aromatic carbocycles. The SMILES string of the molecule is CCc1ccccc1N(CCC(=O)O)CCC(=O)O. The highest BCUT2D eigenvalue weighted by molar-refractivity contribution is 5.69. The van der Waals surface area contributed by atoms with Crippen molar-refractivity contribution in [2.24, 2.45) is 0 Å². The fraction of sp³-hybridized carbons (Fsp3) is 0.429. The molecule has 0 aliphatic heterocycles. The van der Waals surface area contributed by atoms with Crippen LogP contribution in [0.2, 0.25) is 0 Å². The number of anilines is 1. The Morgan fingerprint density at radius 2 is 1.58 bits per heavy atom. The maximum atomic E-state index is 10.7. The van der Waals surface area contributed by atoms with Crippen LogP contribution in [-0.4, -0.2) is 35.2 Å². The topological polar surface area (TPSA) is 77.8 Å². The highest BCUT2D eigenvalue weighted by Gasteiger charge is 2.13. The molecule has 0 fully saturated rings. The predicted molar refractivity (Wildman–Crippen MR) is 72.5 cm³/mol. The Labute approximate surface area is 112 Å². The summed E-state index contributed by atoms with van der Waals surface area (Å²) in [5.41, 5.74) is 2.02. The molecule has 0 saturated heterocycles. The molecule has 0 radical (unpaired) electrons. The standard InChI is InChI=1S/C14H19NO4/c1-2-11-5-3-4-6-12(11)15(9-7-13(16)17)10-8-14(18)19/h3-6H,2,7-10H2,1H3,(H,16,17)(H,18,19). The third kappa shape index (κ3) is 4.99. The van der Waals surface area contributed by atoms with Gasteiger partial charge >= 0.3 is 11.9 Å². The largest absolute Gasteiger partial charge is 0.481 e. The highest BCUT2D eigenvalue weighted by atomic mass is 16.4. The molecule has 0 aromatic heterocycles. The number of hydrogen-bond donors (Lipinski definition) is 2. The summed E-state index contributed by atoms with van der Waals surface area (Å²) < 4.78 is 0. The number of aryl methyl sites for hydroxylation is 1. The number of aliphatic carboxylic acids is 2. The van der Waals surface area contributed by atoms with Gasteiger partial charge in [-0.25, -0.2) is 0 Å². The van der Waals surface area contributed by atoms with Gasteiger partial charge in [-0.2, -0.15) is 0 Å². The van der Waals surface area contributed by atoms with Gasteiger partial charge in [0.25, 0.3) is 0 Å². The first-order valence-electron chi connectivity index (χ1n) is 6.31. The third-order valence-corrected chi connectivity index (χ3v) is 2.90. The molecular weight excluding hydrogens is 246 g/mol. The maximum absolute atomic E-state index is 10.7. The number of rotatable bonds is 8. The van der Waals surface area contributed by atoms with Crippen LogP contribution in [0.5, 0.6) is 0 Å². The summed E-state index contributed by atoms with van der Waals surface area (Å²) in [6, 6.07) is 7.68. The van der Waals surface area contributed by atoms with Crippen LogP contribution in [0, 0.1) is 0 Å². The zero-order valence-corrected chi connectivity index (χ0v) is 11.0. The fourth-order valence-electron chi connectivity index (χ4n) is 1.93. The summed E-state index contributed by atoms with van der Waals surface area (Å²) in [4.78, 5) is 23.2. The summed E-state index contributed by atoms with van der Waals surface area (Å²) in [6.45, 7) is 2.66. The number of carboxylic acids is 2. The second kappa shape index (κ2) is 7.41. The van der Waals surface area contributed by atoms with Gasteiger partial charge in [0.05, 0.1) is 12.8 Å². The highest BCUT2D eigenvalue weighted by Crippen LogP contribution is 2.21. The predicted octanol–water partition coefficient (Wildman–Crippen LogP) is 2.00. The number of hydrogen-bond acceptors (Lipinski definition) is 3. The molecule has 19 heavy (non-hydrogen) atoms. The average molecular weight is 265 g/mol. The molecule has 1 aromatic rings. The molecule has 0 saturated carbocycles. The van der Waals surface area contributed by atoms with Gasteiger partial charge in [0.1, 0.15) is 0 Å². The molecule has 5 heteroatoms. The van der Waals surface area contributed by atoms with Gasteiger partial charge in [-0.05, 0) is 18.1 Å². The van der Waals surface area contributed by atoms with Crippen LogP contribution in [0.4, 0.5) is 5.69 Å². The van der Waals surface area contributed by atoms with E-state index < -0.39 is 11.9 Å². The second-order valence-corrected chi connectivity index (χ2v) is 4.26. The van der Waals surface area contributed by atoms with Crippen LogP contribution in [0.25, 0.3) is 0 Å². The van der Waals surface area contributed by atoms with E-state index in [2.05, 4.69) is 0 Å². The lowest BCUT2D eigenvalue weighted by molar-refractivity contribution is -0.137. The van der Waals surface area contributed by atoms with Crippen LogP contribution in [-0.2, 0) is 16.0 Å². The number of carboxylic acid groups (broad SMARTS) is 2. The van der Waals surface area contributed by atoms with Gasteiger partial charge < -0.3 is 15.1 Å². The number of nitrogens with zero attached hydrogens (tertiary/aromatic N) is 1. The van der Waals surface area contributed by atoms with E-state index in [9.17, 15) is 9.59 Å². The van der Waals surface area contributed by atoms with Gasteiger partial charge in [0.15, 0.2) is 0 Å². The minimum Gasteiger partial charge on any atom is -0.481 e. The van der Waals surface area contributed by atoms with Crippen LogP contribution in [0.15, 0.2) is 24.3 Å². The van der Waals surface area contributed by atoms with Crippen molar-refractivity contribution in [2.45, 2.75) is 26.2 Å². The monoisotopic (exact) mass is 265 g/mol. The van der Waals surface area contributed by atoms with Gasteiger partial charge in [-0.15, -0.1) is 0 Å². The van der Waals surface area contributed by atoms with E-state index >= 15 is 0 Å².